The highest BCUT2D eigenvalue weighted by atomic mass is 35.5. The van der Waals surface area contributed by atoms with Crippen LogP contribution in [-0.4, -0.2) is 5.11 Å². The molecule has 68 valence electrons. The normalized spacial score (nSPS) is 11.0. The van der Waals surface area contributed by atoms with Crippen molar-refractivity contribution in [3.63, 3.8) is 0 Å². The average molecular weight is 213 g/mol. The molecule has 0 atom stereocenters. The zero-order valence-corrected chi connectivity index (χ0v) is 8.75. The Labute approximate surface area is 85.6 Å². The number of benzene rings is 1. The number of aryl methyl sites for hydroxylation is 1. The molecule has 1 heterocycles. The zero-order chi connectivity index (χ0) is 9.42. The Morgan fingerprint density at radius 1 is 1.38 bits per heavy atom. The smallest absolute Gasteiger partial charge is 0.0696 e. The maximum absolute atomic E-state index is 9.12. The molecule has 0 aliphatic rings. The van der Waals surface area contributed by atoms with E-state index < -0.39 is 0 Å². The fraction of sp³-hybridized carbons (Fsp3) is 0.200. The van der Waals surface area contributed by atoms with E-state index in [1.54, 1.807) is 11.3 Å². The maximum atomic E-state index is 9.12. The van der Waals surface area contributed by atoms with Crippen LogP contribution in [-0.2, 0) is 6.61 Å². The summed E-state index contributed by atoms with van der Waals surface area (Å²) in [6.45, 7) is 2.11. The number of thiophene rings is 1. The summed E-state index contributed by atoms with van der Waals surface area (Å²) in [6.07, 6.45) is 0. The Morgan fingerprint density at radius 3 is 2.85 bits per heavy atom. The largest absolute Gasteiger partial charge is 0.392 e. The highest BCUT2D eigenvalue weighted by Gasteiger charge is 2.05. The highest BCUT2D eigenvalue weighted by Crippen LogP contribution is 2.31. The molecule has 0 fully saturated rings. The van der Waals surface area contributed by atoms with Crippen LogP contribution in [0.2, 0.25) is 5.02 Å². The van der Waals surface area contributed by atoms with Crippen LogP contribution in [0.25, 0.3) is 10.1 Å². The van der Waals surface area contributed by atoms with Gasteiger partial charge in [0.25, 0.3) is 0 Å². The van der Waals surface area contributed by atoms with Crippen LogP contribution >= 0.6 is 22.9 Å². The van der Waals surface area contributed by atoms with Crippen LogP contribution in [0.1, 0.15) is 10.4 Å². The van der Waals surface area contributed by atoms with Crippen molar-refractivity contribution in [2.24, 2.45) is 0 Å². The molecule has 1 aromatic heterocycles. The summed E-state index contributed by atoms with van der Waals surface area (Å²) in [6, 6.07) is 5.84. The monoisotopic (exact) mass is 212 g/mol. The summed E-state index contributed by atoms with van der Waals surface area (Å²) >= 11 is 7.60. The molecular weight excluding hydrogens is 204 g/mol. The number of aliphatic hydroxyl groups excluding tert-OH is 1. The van der Waals surface area contributed by atoms with Crippen molar-refractivity contribution in [2.75, 3.05) is 0 Å². The Balaban J connectivity index is 2.80. The first-order chi connectivity index (χ1) is 6.20. The predicted molar refractivity (Wildman–Crippen MR) is 57.5 cm³/mol. The topological polar surface area (TPSA) is 20.2 Å². The molecule has 0 amide bonds. The number of rotatable bonds is 1. The second kappa shape index (κ2) is 3.29. The molecule has 3 heteroatoms. The minimum atomic E-state index is 0.0526. The summed E-state index contributed by atoms with van der Waals surface area (Å²) in [7, 11) is 0. The molecule has 0 aliphatic carbocycles. The van der Waals surface area contributed by atoms with Crippen LogP contribution in [0.3, 0.4) is 0 Å². The molecule has 13 heavy (non-hydrogen) atoms. The van der Waals surface area contributed by atoms with Crippen molar-refractivity contribution in [2.45, 2.75) is 13.5 Å². The van der Waals surface area contributed by atoms with Gasteiger partial charge in [0.1, 0.15) is 0 Å². The molecule has 2 aromatic rings. The third-order valence-corrected chi connectivity index (χ3v) is 3.31. The zero-order valence-electron chi connectivity index (χ0n) is 7.17. The highest BCUT2D eigenvalue weighted by molar-refractivity contribution is 7.19. The molecule has 1 aromatic carbocycles. The first-order valence-corrected chi connectivity index (χ1v) is 5.19. The standard InChI is InChI=1S/C10H9ClOS/c1-6-2-7-3-9(11)4-8(5-12)10(7)13-6/h2-4,12H,5H2,1H3. The molecule has 1 nitrogen and oxygen atoms in total. The lowest BCUT2D eigenvalue weighted by Crippen LogP contribution is -1.82. The SMILES string of the molecule is Cc1cc2cc(Cl)cc(CO)c2s1. The third-order valence-electron chi connectivity index (χ3n) is 1.95. The molecule has 0 saturated carbocycles. The van der Waals surface area contributed by atoms with Gasteiger partial charge in [-0.1, -0.05) is 11.6 Å². The van der Waals surface area contributed by atoms with Crippen LogP contribution in [0.4, 0.5) is 0 Å². The molecule has 0 unspecified atom stereocenters. The summed E-state index contributed by atoms with van der Waals surface area (Å²) in [5, 5.41) is 10.9. The van der Waals surface area contributed by atoms with Crippen molar-refractivity contribution in [3.05, 3.63) is 33.7 Å². The first-order valence-electron chi connectivity index (χ1n) is 4.00. The number of hydrogen-bond acceptors (Lipinski definition) is 2. The molecule has 0 bridgehead atoms. The molecule has 0 radical (unpaired) electrons. The van der Waals surface area contributed by atoms with E-state index in [-0.39, 0.29) is 6.61 Å². The van der Waals surface area contributed by atoms with E-state index in [0.29, 0.717) is 5.02 Å². The maximum Gasteiger partial charge on any atom is 0.0696 e. The van der Waals surface area contributed by atoms with E-state index in [1.165, 1.54) is 4.88 Å². The Kier molecular flexibility index (Phi) is 2.28. The summed E-state index contributed by atoms with van der Waals surface area (Å²) in [5.74, 6) is 0. The van der Waals surface area contributed by atoms with Gasteiger partial charge >= 0.3 is 0 Å². The molecular formula is C10H9ClOS. The lowest BCUT2D eigenvalue weighted by Gasteiger charge is -1.98. The number of halogens is 1. The van der Waals surface area contributed by atoms with Crippen molar-refractivity contribution >= 4 is 33.0 Å². The van der Waals surface area contributed by atoms with E-state index >= 15 is 0 Å². The van der Waals surface area contributed by atoms with Gasteiger partial charge in [-0.05, 0) is 36.1 Å². The summed E-state index contributed by atoms with van der Waals surface area (Å²) in [4.78, 5) is 1.24. The van der Waals surface area contributed by atoms with Gasteiger partial charge in [0.05, 0.1) is 6.61 Å². The van der Waals surface area contributed by atoms with Gasteiger partial charge in [-0.2, -0.15) is 0 Å². The van der Waals surface area contributed by atoms with Crippen molar-refractivity contribution in [1.82, 2.24) is 0 Å². The second-order valence-electron chi connectivity index (χ2n) is 3.00. The quantitative estimate of drug-likeness (QED) is 0.769. The predicted octanol–water partition coefficient (Wildman–Crippen LogP) is 3.36. The van der Waals surface area contributed by atoms with Gasteiger partial charge < -0.3 is 5.11 Å². The van der Waals surface area contributed by atoms with E-state index in [1.807, 2.05) is 12.1 Å². The van der Waals surface area contributed by atoms with Gasteiger partial charge in [-0.25, -0.2) is 0 Å². The average Bonchev–Trinajstić information content (AvgIpc) is 2.43. The van der Waals surface area contributed by atoms with E-state index in [0.717, 1.165) is 15.6 Å². The molecule has 1 N–H and O–H groups in total. The number of aliphatic hydroxyl groups is 1. The summed E-state index contributed by atoms with van der Waals surface area (Å²) in [5.41, 5.74) is 0.917. The second-order valence-corrected chi connectivity index (χ2v) is 4.69. The van der Waals surface area contributed by atoms with E-state index in [2.05, 4.69) is 13.0 Å². The number of hydrogen-bond donors (Lipinski definition) is 1. The van der Waals surface area contributed by atoms with Gasteiger partial charge in [-0.3, -0.25) is 0 Å². The van der Waals surface area contributed by atoms with Crippen LogP contribution in [0.15, 0.2) is 18.2 Å². The van der Waals surface area contributed by atoms with Crippen LogP contribution in [0.5, 0.6) is 0 Å². The molecule has 0 spiro atoms. The Bertz CT molecular complexity index is 447. The van der Waals surface area contributed by atoms with Crippen LogP contribution in [0, 0.1) is 6.92 Å². The van der Waals surface area contributed by atoms with Gasteiger partial charge in [-0.15, -0.1) is 11.3 Å². The lowest BCUT2D eigenvalue weighted by molar-refractivity contribution is 0.283. The fourth-order valence-electron chi connectivity index (χ4n) is 1.43. The van der Waals surface area contributed by atoms with Crippen molar-refractivity contribution in [1.29, 1.82) is 0 Å². The number of fused-ring (bicyclic) bond motifs is 1. The summed E-state index contributed by atoms with van der Waals surface area (Å²) < 4.78 is 1.14. The van der Waals surface area contributed by atoms with Gasteiger partial charge in [0.2, 0.25) is 0 Å². The first kappa shape index (κ1) is 9.00. The van der Waals surface area contributed by atoms with E-state index in [4.69, 9.17) is 16.7 Å². The minimum absolute atomic E-state index is 0.0526. The van der Waals surface area contributed by atoms with Crippen molar-refractivity contribution < 1.29 is 5.11 Å². The van der Waals surface area contributed by atoms with Crippen LogP contribution < -0.4 is 0 Å². The fourth-order valence-corrected chi connectivity index (χ4v) is 2.68. The van der Waals surface area contributed by atoms with E-state index in [9.17, 15) is 0 Å². The molecule has 2 rings (SSSR count). The van der Waals surface area contributed by atoms with Gasteiger partial charge in [0.15, 0.2) is 0 Å². The minimum Gasteiger partial charge on any atom is -0.392 e. The van der Waals surface area contributed by atoms with Crippen molar-refractivity contribution in [3.8, 4) is 0 Å². The third kappa shape index (κ3) is 1.57. The lowest BCUT2D eigenvalue weighted by atomic mass is 10.2. The Morgan fingerprint density at radius 2 is 2.15 bits per heavy atom. The van der Waals surface area contributed by atoms with Gasteiger partial charge in [0, 0.05) is 14.6 Å². The molecule has 0 aliphatic heterocycles. The Hall–Kier alpha value is -0.570. The molecule has 0 saturated heterocycles.